The van der Waals surface area contributed by atoms with E-state index in [0.717, 1.165) is 32.4 Å². The summed E-state index contributed by atoms with van der Waals surface area (Å²) in [5, 5.41) is 5.73. The maximum Gasteiger partial charge on any atom is 0.124 e. The second-order valence-corrected chi connectivity index (χ2v) is 5.70. The van der Waals surface area contributed by atoms with Crippen molar-refractivity contribution < 1.29 is 4.74 Å². The highest BCUT2D eigenvalue weighted by atomic mass is 79.9. The molecule has 1 heterocycles. The summed E-state index contributed by atoms with van der Waals surface area (Å²) < 4.78 is 8.43. The summed E-state index contributed by atoms with van der Waals surface area (Å²) in [4.78, 5) is 0. The standard InChI is InChI=1S/C16H16BrN3O/c1-21-16-7-6-12(17)8-11(16)10-20-15-5-3-2-4-13(15)14(9-18)19-20/h2-8H,9-10,18H2,1H3. The number of aromatic nitrogens is 2. The Morgan fingerprint density at radius 3 is 2.81 bits per heavy atom. The van der Waals surface area contributed by atoms with Gasteiger partial charge >= 0.3 is 0 Å². The summed E-state index contributed by atoms with van der Waals surface area (Å²) in [5.41, 5.74) is 8.87. The Bertz CT molecular complexity index is 782. The van der Waals surface area contributed by atoms with E-state index in [1.54, 1.807) is 7.11 Å². The third kappa shape index (κ3) is 2.66. The van der Waals surface area contributed by atoms with Crippen molar-refractivity contribution in [2.45, 2.75) is 13.1 Å². The van der Waals surface area contributed by atoms with Gasteiger partial charge in [-0.3, -0.25) is 4.68 Å². The number of rotatable bonds is 4. The number of hydrogen-bond acceptors (Lipinski definition) is 3. The van der Waals surface area contributed by atoms with Crippen molar-refractivity contribution in [2.24, 2.45) is 5.73 Å². The van der Waals surface area contributed by atoms with Gasteiger partial charge in [-0.05, 0) is 24.3 Å². The largest absolute Gasteiger partial charge is 0.496 e. The molecule has 21 heavy (non-hydrogen) atoms. The van der Waals surface area contributed by atoms with Gasteiger partial charge in [-0.1, -0.05) is 34.1 Å². The van der Waals surface area contributed by atoms with Crippen molar-refractivity contribution in [1.82, 2.24) is 9.78 Å². The molecule has 0 radical (unpaired) electrons. The minimum absolute atomic E-state index is 0.434. The number of fused-ring (bicyclic) bond motifs is 1. The minimum Gasteiger partial charge on any atom is -0.496 e. The summed E-state index contributed by atoms with van der Waals surface area (Å²) in [6.07, 6.45) is 0. The lowest BCUT2D eigenvalue weighted by molar-refractivity contribution is 0.407. The van der Waals surface area contributed by atoms with Crippen LogP contribution in [0.5, 0.6) is 5.75 Å². The molecule has 1 aromatic heterocycles. The highest BCUT2D eigenvalue weighted by Crippen LogP contribution is 2.26. The van der Waals surface area contributed by atoms with E-state index in [9.17, 15) is 0 Å². The minimum atomic E-state index is 0.434. The van der Waals surface area contributed by atoms with Crippen LogP contribution in [0.1, 0.15) is 11.3 Å². The third-order valence-electron chi connectivity index (χ3n) is 3.49. The molecule has 0 unspecified atom stereocenters. The SMILES string of the molecule is COc1ccc(Br)cc1Cn1nc(CN)c2ccccc21. The number of para-hydroxylation sites is 1. The Balaban J connectivity index is 2.08. The monoisotopic (exact) mass is 345 g/mol. The smallest absolute Gasteiger partial charge is 0.124 e. The maximum atomic E-state index is 5.79. The predicted molar refractivity (Wildman–Crippen MR) is 87.4 cm³/mol. The van der Waals surface area contributed by atoms with Gasteiger partial charge in [0.2, 0.25) is 0 Å². The fraction of sp³-hybridized carbons (Fsp3) is 0.188. The molecule has 3 rings (SSSR count). The van der Waals surface area contributed by atoms with Crippen molar-refractivity contribution in [1.29, 1.82) is 0 Å². The molecule has 108 valence electrons. The van der Waals surface area contributed by atoms with E-state index < -0.39 is 0 Å². The molecule has 0 aliphatic carbocycles. The predicted octanol–water partition coefficient (Wildman–Crippen LogP) is 3.31. The van der Waals surface area contributed by atoms with Crippen LogP contribution >= 0.6 is 15.9 Å². The first-order valence-electron chi connectivity index (χ1n) is 6.70. The number of ether oxygens (including phenoxy) is 1. The zero-order chi connectivity index (χ0) is 14.8. The first kappa shape index (κ1) is 14.1. The summed E-state index contributed by atoms with van der Waals surface area (Å²) in [6, 6.07) is 14.1. The number of nitrogens with zero attached hydrogens (tertiary/aromatic N) is 2. The second-order valence-electron chi connectivity index (χ2n) is 4.78. The molecule has 2 aromatic carbocycles. The molecule has 3 aromatic rings. The summed E-state index contributed by atoms with van der Waals surface area (Å²) in [7, 11) is 1.68. The second kappa shape index (κ2) is 5.87. The van der Waals surface area contributed by atoms with E-state index >= 15 is 0 Å². The van der Waals surface area contributed by atoms with Crippen LogP contribution in [0.2, 0.25) is 0 Å². The van der Waals surface area contributed by atoms with E-state index in [0.29, 0.717) is 13.1 Å². The Labute approximate surface area is 131 Å². The molecular weight excluding hydrogens is 330 g/mol. The highest BCUT2D eigenvalue weighted by Gasteiger charge is 2.11. The Kier molecular flexibility index (Phi) is 3.94. The third-order valence-corrected chi connectivity index (χ3v) is 3.98. The van der Waals surface area contributed by atoms with Gasteiger partial charge < -0.3 is 10.5 Å². The number of hydrogen-bond donors (Lipinski definition) is 1. The van der Waals surface area contributed by atoms with E-state index in [-0.39, 0.29) is 0 Å². The molecule has 0 aliphatic rings. The number of methoxy groups -OCH3 is 1. The Morgan fingerprint density at radius 1 is 1.24 bits per heavy atom. The maximum absolute atomic E-state index is 5.79. The van der Waals surface area contributed by atoms with Crippen LogP contribution in [0.15, 0.2) is 46.9 Å². The average molecular weight is 346 g/mol. The molecule has 4 nitrogen and oxygen atoms in total. The van der Waals surface area contributed by atoms with Crippen molar-refractivity contribution >= 4 is 26.8 Å². The van der Waals surface area contributed by atoms with Crippen LogP contribution in [-0.2, 0) is 13.1 Å². The quantitative estimate of drug-likeness (QED) is 0.789. The van der Waals surface area contributed by atoms with Crippen LogP contribution in [0.25, 0.3) is 10.9 Å². The number of halogens is 1. The van der Waals surface area contributed by atoms with Gasteiger partial charge in [0.15, 0.2) is 0 Å². The van der Waals surface area contributed by atoms with E-state index in [1.807, 2.05) is 28.9 Å². The molecule has 0 bridgehead atoms. The van der Waals surface area contributed by atoms with Gasteiger partial charge in [0, 0.05) is 22.0 Å². The van der Waals surface area contributed by atoms with Crippen LogP contribution < -0.4 is 10.5 Å². The fourth-order valence-corrected chi connectivity index (χ4v) is 2.91. The highest BCUT2D eigenvalue weighted by molar-refractivity contribution is 9.10. The first-order chi connectivity index (χ1) is 10.2. The molecule has 2 N–H and O–H groups in total. The topological polar surface area (TPSA) is 53.1 Å². The van der Waals surface area contributed by atoms with Gasteiger partial charge in [-0.2, -0.15) is 5.10 Å². The van der Waals surface area contributed by atoms with E-state index in [1.165, 1.54) is 0 Å². The van der Waals surface area contributed by atoms with Crippen molar-refractivity contribution in [3.63, 3.8) is 0 Å². The zero-order valence-corrected chi connectivity index (χ0v) is 13.3. The average Bonchev–Trinajstić information content (AvgIpc) is 2.86. The van der Waals surface area contributed by atoms with Crippen molar-refractivity contribution in [3.8, 4) is 5.75 Å². The normalized spacial score (nSPS) is 11.0. The van der Waals surface area contributed by atoms with Crippen LogP contribution in [0, 0.1) is 0 Å². The van der Waals surface area contributed by atoms with Crippen molar-refractivity contribution in [2.75, 3.05) is 7.11 Å². The van der Waals surface area contributed by atoms with E-state index in [4.69, 9.17) is 10.5 Å². The molecule has 0 amide bonds. The lowest BCUT2D eigenvalue weighted by atomic mass is 10.2. The van der Waals surface area contributed by atoms with E-state index in [2.05, 4.69) is 39.2 Å². The van der Waals surface area contributed by atoms with Gasteiger partial charge in [-0.25, -0.2) is 0 Å². The van der Waals surface area contributed by atoms with Crippen LogP contribution in [-0.4, -0.2) is 16.9 Å². The first-order valence-corrected chi connectivity index (χ1v) is 7.49. The van der Waals surface area contributed by atoms with Gasteiger partial charge in [0.05, 0.1) is 24.9 Å². The fourth-order valence-electron chi connectivity index (χ4n) is 2.50. The molecule has 0 fully saturated rings. The molecule has 0 saturated carbocycles. The molecule has 0 aliphatic heterocycles. The summed E-state index contributed by atoms with van der Waals surface area (Å²) >= 11 is 3.50. The molecule has 5 heteroatoms. The summed E-state index contributed by atoms with van der Waals surface area (Å²) in [6.45, 7) is 1.08. The van der Waals surface area contributed by atoms with Gasteiger partial charge in [0.1, 0.15) is 5.75 Å². The molecule has 0 atom stereocenters. The zero-order valence-electron chi connectivity index (χ0n) is 11.7. The Hall–Kier alpha value is -1.85. The lowest BCUT2D eigenvalue weighted by Gasteiger charge is -2.10. The lowest BCUT2D eigenvalue weighted by Crippen LogP contribution is -2.05. The molecule has 0 spiro atoms. The van der Waals surface area contributed by atoms with Gasteiger partial charge in [-0.15, -0.1) is 0 Å². The molecular formula is C16H16BrN3O. The van der Waals surface area contributed by atoms with Crippen molar-refractivity contribution in [3.05, 3.63) is 58.2 Å². The summed E-state index contributed by atoms with van der Waals surface area (Å²) in [5.74, 6) is 0.854. The van der Waals surface area contributed by atoms with Gasteiger partial charge in [0.25, 0.3) is 0 Å². The van der Waals surface area contributed by atoms with Crippen LogP contribution in [0.3, 0.4) is 0 Å². The van der Waals surface area contributed by atoms with Crippen LogP contribution in [0.4, 0.5) is 0 Å². The number of nitrogens with two attached hydrogens (primary N) is 1. The Morgan fingerprint density at radius 2 is 2.05 bits per heavy atom. The number of benzene rings is 2. The molecule has 0 saturated heterocycles.